The van der Waals surface area contributed by atoms with E-state index in [4.69, 9.17) is 4.98 Å². The molecule has 2 aromatic carbocycles. The minimum absolute atomic E-state index is 0.0381. The third-order valence-electron chi connectivity index (χ3n) is 6.19. The smallest absolute Gasteiger partial charge is 0.228 e. The van der Waals surface area contributed by atoms with E-state index in [9.17, 15) is 9.59 Å². The molecule has 154 valence electrons. The lowest BCUT2D eigenvalue weighted by Gasteiger charge is -2.26. The van der Waals surface area contributed by atoms with Crippen molar-refractivity contribution in [3.05, 3.63) is 64.7 Å². The van der Waals surface area contributed by atoms with Gasteiger partial charge in [-0.05, 0) is 37.5 Å². The third-order valence-corrected chi connectivity index (χ3v) is 7.33. The summed E-state index contributed by atoms with van der Waals surface area (Å²) in [5, 5.41) is 1.02. The monoisotopic (exact) mass is 419 g/mol. The highest BCUT2D eigenvalue weighted by Crippen LogP contribution is 2.38. The number of nitrogens with zero attached hydrogens (tertiary/aromatic N) is 3. The number of benzene rings is 2. The first kappa shape index (κ1) is 19.2. The summed E-state index contributed by atoms with van der Waals surface area (Å²) < 4.78 is 1.16. The molecule has 2 aliphatic heterocycles. The van der Waals surface area contributed by atoms with Gasteiger partial charge in [0.25, 0.3) is 0 Å². The van der Waals surface area contributed by atoms with Gasteiger partial charge in [-0.25, -0.2) is 4.98 Å². The largest absolute Gasteiger partial charge is 0.338 e. The highest BCUT2D eigenvalue weighted by atomic mass is 32.1. The van der Waals surface area contributed by atoms with E-state index in [2.05, 4.69) is 37.3 Å². The molecule has 5 rings (SSSR count). The number of carbonyl (C=O) groups is 2. The predicted octanol–water partition coefficient (Wildman–Crippen LogP) is 4.32. The topological polar surface area (TPSA) is 53.5 Å². The lowest BCUT2D eigenvalue weighted by atomic mass is 10.1. The average molecular weight is 420 g/mol. The van der Waals surface area contributed by atoms with Crippen LogP contribution < -0.4 is 0 Å². The van der Waals surface area contributed by atoms with Crippen molar-refractivity contribution in [2.45, 2.75) is 38.8 Å². The van der Waals surface area contributed by atoms with Crippen molar-refractivity contribution in [2.24, 2.45) is 5.92 Å². The van der Waals surface area contributed by atoms with Crippen molar-refractivity contribution in [3.63, 3.8) is 0 Å². The van der Waals surface area contributed by atoms with E-state index in [0.717, 1.165) is 40.2 Å². The molecule has 6 heteroatoms. The molecule has 3 aromatic rings. The molecule has 0 aliphatic carbocycles. The Morgan fingerprint density at radius 1 is 1.17 bits per heavy atom. The zero-order chi connectivity index (χ0) is 20.7. The van der Waals surface area contributed by atoms with E-state index in [1.54, 1.807) is 11.3 Å². The molecule has 2 fully saturated rings. The summed E-state index contributed by atoms with van der Waals surface area (Å²) in [6.07, 6.45) is 2.24. The van der Waals surface area contributed by atoms with Crippen molar-refractivity contribution < 1.29 is 9.59 Å². The number of para-hydroxylation sites is 1. The molecule has 2 unspecified atom stereocenters. The second-order valence-corrected chi connectivity index (χ2v) is 9.43. The first-order chi connectivity index (χ1) is 14.6. The van der Waals surface area contributed by atoms with E-state index in [1.807, 2.05) is 28.0 Å². The number of carbonyl (C=O) groups excluding carboxylic acids is 2. The summed E-state index contributed by atoms with van der Waals surface area (Å²) in [4.78, 5) is 34.5. The van der Waals surface area contributed by atoms with E-state index >= 15 is 0 Å². The minimum Gasteiger partial charge on any atom is -0.338 e. The highest BCUT2D eigenvalue weighted by molar-refractivity contribution is 7.18. The van der Waals surface area contributed by atoms with E-state index in [-0.39, 0.29) is 23.8 Å². The molecular formula is C24H25N3O2S. The fourth-order valence-corrected chi connectivity index (χ4v) is 5.67. The third kappa shape index (κ3) is 3.60. The predicted molar refractivity (Wildman–Crippen MR) is 118 cm³/mol. The molecule has 0 saturated carbocycles. The van der Waals surface area contributed by atoms with Gasteiger partial charge in [-0.3, -0.25) is 9.59 Å². The standard InChI is InChI=1S/C24H25N3O2S/c1-16-8-10-17(11-9-16)14-26-15-18(13-22(26)28)24(29)27-12-4-6-20(27)23-25-19-5-2-3-7-21(19)30-23/h2-3,5,7-11,18,20H,4,6,12-15H2,1H3. The zero-order valence-corrected chi connectivity index (χ0v) is 17.9. The quantitative estimate of drug-likeness (QED) is 0.633. The molecule has 0 radical (unpaired) electrons. The number of fused-ring (bicyclic) bond motifs is 1. The Balaban J connectivity index is 1.30. The molecule has 1 aromatic heterocycles. The van der Waals surface area contributed by atoms with Crippen molar-refractivity contribution in [1.82, 2.24) is 14.8 Å². The number of rotatable bonds is 4. The van der Waals surface area contributed by atoms with E-state index in [1.165, 1.54) is 5.56 Å². The van der Waals surface area contributed by atoms with Crippen molar-refractivity contribution in [3.8, 4) is 0 Å². The fourth-order valence-electron chi connectivity index (χ4n) is 4.56. The van der Waals surface area contributed by atoms with Gasteiger partial charge in [0.1, 0.15) is 5.01 Å². The summed E-state index contributed by atoms with van der Waals surface area (Å²) in [6, 6.07) is 16.4. The summed E-state index contributed by atoms with van der Waals surface area (Å²) in [6.45, 7) is 3.89. The molecule has 2 saturated heterocycles. The normalized spacial score (nSPS) is 21.7. The zero-order valence-electron chi connectivity index (χ0n) is 17.1. The van der Waals surface area contributed by atoms with Gasteiger partial charge >= 0.3 is 0 Å². The van der Waals surface area contributed by atoms with Crippen molar-refractivity contribution in [1.29, 1.82) is 0 Å². The maximum absolute atomic E-state index is 13.4. The fraction of sp³-hybridized carbons (Fsp3) is 0.375. The molecule has 2 atom stereocenters. The van der Waals surface area contributed by atoms with Gasteiger partial charge in [-0.1, -0.05) is 42.0 Å². The van der Waals surface area contributed by atoms with Crippen molar-refractivity contribution >= 4 is 33.4 Å². The van der Waals surface area contributed by atoms with Gasteiger partial charge in [0, 0.05) is 26.1 Å². The van der Waals surface area contributed by atoms with Crippen LogP contribution in [0.3, 0.4) is 0 Å². The van der Waals surface area contributed by atoms with Gasteiger partial charge < -0.3 is 9.80 Å². The first-order valence-corrected chi connectivity index (χ1v) is 11.4. The molecule has 0 N–H and O–H groups in total. The molecule has 5 nitrogen and oxygen atoms in total. The van der Waals surface area contributed by atoms with Crippen LogP contribution >= 0.6 is 11.3 Å². The lowest BCUT2D eigenvalue weighted by molar-refractivity contribution is -0.136. The summed E-state index contributed by atoms with van der Waals surface area (Å²) in [7, 11) is 0. The molecule has 0 bridgehead atoms. The first-order valence-electron chi connectivity index (χ1n) is 10.6. The van der Waals surface area contributed by atoms with Crippen LogP contribution in [0.4, 0.5) is 0 Å². The van der Waals surface area contributed by atoms with Crippen LogP contribution in [0.2, 0.25) is 0 Å². The van der Waals surface area contributed by atoms with Crippen LogP contribution in [0, 0.1) is 12.8 Å². The van der Waals surface area contributed by atoms with Gasteiger partial charge in [-0.15, -0.1) is 11.3 Å². The number of thiazole rings is 1. The average Bonchev–Trinajstić information content (AvgIpc) is 3.47. The van der Waals surface area contributed by atoms with Gasteiger partial charge in [-0.2, -0.15) is 0 Å². The molecule has 3 heterocycles. The maximum atomic E-state index is 13.4. The second-order valence-electron chi connectivity index (χ2n) is 8.37. The maximum Gasteiger partial charge on any atom is 0.228 e. The van der Waals surface area contributed by atoms with Crippen LogP contribution in [0.1, 0.15) is 41.4 Å². The van der Waals surface area contributed by atoms with Crippen LogP contribution in [0.25, 0.3) is 10.2 Å². The number of amides is 2. The number of hydrogen-bond acceptors (Lipinski definition) is 4. The Labute approximate surface area is 180 Å². The van der Waals surface area contributed by atoms with Crippen LogP contribution in [-0.4, -0.2) is 39.7 Å². The lowest BCUT2D eigenvalue weighted by Crippen LogP contribution is -2.37. The van der Waals surface area contributed by atoms with Crippen LogP contribution in [0.5, 0.6) is 0 Å². The van der Waals surface area contributed by atoms with E-state index < -0.39 is 0 Å². The Morgan fingerprint density at radius 2 is 1.97 bits per heavy atom. The van der Waals surface area contributed by atoms with Gasteiger partial charge in [0.2, 0.25) is 11.8 Å². The second kappa shape index (κ2) is 7.84. The minimum atomic E-state index is -0.252. The van der Waals surface area contributed by atoms with Crippen LogP contribution in [0.15, 0.2) is 48.5 Å². The molecule has 2 amide bonds. The molecule has 0 spiro atoms. The molecule has 30 heavy (non-hydrogen) atoms. The molecular weight excluding hydrogens is 394 g/mol. The number of aromatic nitrogens is 1. The Hall–Kier alpha value is -2.73. The Bertz CT molecular complexity index is 1060. The van der Waals surface area contributed by atoms with Gasteiger partial charge in [0.15, 0.2) is 0 Å². The van der Waals surface area contributed by atoms with Crippen LogP contribution in [-0.2, 0) is 16.1 Å². The Morgan fingerprint density at radius 3 is 2.77 bits per heavy atom. The molecule has 2 aliphatic rings. The summed E-state index contributed by atoms with van der Waals surface area (Å²) in [5.41, 5.74) is 3.31. The van der Waals surface area contributed by atoms with Gasteiger partial charge in [0.05, 0.1) is 22.2 Å². The number of aryl methyl sites for hydroxylation is 1. The Kier molecular flexibility index (Phi) is 5.03. The van der Waals surface area contributed by atoms with Crippen molar-refractivity contribution in [2.75, 3.05) is 13.1 Å². The van der Waals surface area contributed by atoms with E-state index in [0.29, 0.717) is 19.5 Å². The highest BCUT2D eigenvalue weighted by Gasteiger charge is 2.40. The summed E-state index contributed by atoms with van der Waals surface area (Å²) in [5.74, 6) is -0.0703. The SMILES string of the molecule is Cc1ccc(CN2CC(C(=O)N3CCCC3c3nc4ccccc4s3)CC2=O)cc1. The summed E-state index contributed by atoms with van der Waals surface area (Å²) >= 11 is 1.68. The number of hydrogen-bond donors (Lipinski definition) is 0. The number of likely N-dealkylation sites (tertiary alicyclic amines) is 2.